The van der Waals surface area contributed by atoms with E-state index in [1.165, 1.54) is 89.9 Å². The van der Waals surface area contributed by atoms with E-state index in [4.69, 9.17) is 4.74 Å². The third kappa shape index (κ3) is 22.6. The second-order valence-electron chi connectivity index (χ2n) is 10.8. The lowest BCUT2D eigenvalue weighted by atomic mass is 10.0. The molecule has 2 N–H and O–H groups in total. The highest BCUT2D eigenvalue weighted by Crippen LogP contribution is 2.45. The molecule has 1 unspecified atom stereocenters. The van der Waals surface area contributed by atoms with Crippen LogP contribution in [-0.4, -0.2) is 72.3 Å². The minimum absolute atomic E-state index is 0.0910. The van der Waals surface area contributed by atoms with Gasteiger partial charge in [0.25, 0.3) is 0 Å². The summed E-state index contributed by atoms with van der Waals surface area (Å²) < 4.78 is 18.2. The van der Waals surface area contributed by atoms with Gasteiger partial charge in [0, 0.05) is 19.3 Å². The Bertz CT molecular complexity index is 481. The molecule has 2 atom stereocenters. The summed E-state index contributed by atoms with van der Waals surface area (Å²) in [7, 11) is 3.71. The maximum Gasteiger partial charge on any atom is 0.328 e. The Hall–Kier alpha value is 0.420. The van der Waals surface area contributed by atoms with Gasteiger partial charge in [-0.05, 0) is 18.6 Å². The van der Waals surface area contributed by atoms with Crippen molar-refractivity contribution in [2.75, 3.05) is 46.3 Å². The molecule has 0 spiro atoms. The summed E-state index contributed by atoms with van der Waals surface area (Å²) in [4.78, 5) is 19.5. The molecule has 0 aromatic heterocycles. The molecule has 0 aliphatic carbocycles. The number of quaternary nitrogens is 1. The molecule has 0 aliphatic rings. The van der Waals surface area contributed by atoms with Gasteiger partial charge in [0.1, 0.15) is 0 Å². The predicted octanol–water partition coefficient (Wildman–Crippen LogP) is 7.25. The van der Waals surface area contributed by atoms with Crippen LogP contribution in [0.5, 0.6) is 0 Å². The van der Waals surface area contributed by atoms with E-state index in [9.17, 15) is 14.4 Å². The minimum Gasteiger partial charge on any atom is -0.381 e. The normalized spacial score (nSPS) is 14.5. The largest absolute Gasteiger partial charge is 0.381 e. The Labute approximate surface area is 210 Å². The van der Waals surface area contributed by atoms with Crippen molar-refractivity contribution in [3.05, 3.63) is 0 Å². The van der Waals surface area contributed by atoms with Gasteiger partial charge in [-0.15, -0.1) is 0 Å². The van der Waals surface area contributed by atoms with Gasteiger partial charge in [-0.1, -0.05) is 90.4 Å². The summed E-state index contributed by atoms with van der Waals surface area (Å²) >= 11 is 1.86. The van der Waals surface area contributed by atoms with Crippen molar-refractivity contribution >= 4 is 19.4 Å². The lowest BCUT2D eigenvalue weighted by Gasteiger charge is -2.28. The van der Waals surface area contributed by atoms with Crippen molar-refractivity contribution in [3.63, 3.8) is 0 Å². The molecular formula is C26H57NO4PS+. The Balaban J connectivity index is 3.73. The Kier molecular flexibility index (Phi) is 20.9. The fourth-order valence-corrected chi connectivity index (χ4v) is 6.18. The zero-order valence-corrected chi connectivity index (χ0v) is 24.3. The van der Waals surface area contributed by atoms with Crippen LogP contribution in [0.15, 0.2) is 0 Å². The lowest BCUT2D eigenvalue weighted by Crippen LogP contribution is -2.37. The molecule has 0 saturated heterocycles. The number of hydrogen-bond acceptors (Lipinski definition) is 3. The molecule has 33 heavy (non-hydrogen) atoms. The molecule has 0 aliphatic heterocycles. The molecule has 0 fully saturated rings. The molecule has 0 aromatic carbocycles. The molecule has 0 radical (unpaired) electrons. The van der Waals surface area contributed by atoms with Gasteiger partial charge in [0.05, 0.1) is 39.5 Å². The van der Waals surface area contributed by atoms with Gasteiger partial charge in [-0.2, -0.15) is 11.8 Å². The van der Waals surface area contributed by atoms with Crippen LogP contribution >= 0.6 is 19.4 Å². The molecule has 0 aromatic rings. The second kappa shape index (κ2) is 20.6. The van der Waals surface area contributed by atoms with Crippen LogP contribution in [0.2, 0.25) is 0 Å². The third-order valence-corrected chi connectivity index (χ3v) is 9.03. The molecule has 5 nitrogen and oxygen atoms in total. The van der Waals surface area contributed by atoms with Gasteiger partial charge >= 0.3 is 7.60 Å². The first kappa shape index (κ1) is 33.4. The SMILES string of the molecule is CCCCCCCCCCCCCCCCSC[C@H](CC(CC[N+](C)(C)C)P(=O)(O)O)OC. The summed E-state index contributed by atoms with van der Waals surface area (Å²) in [5, 5.41) is 0. The standard InChI is InChI=1S/C26H56NO4PS/c1-6-7-8-9-10-11-12-13-14-15-16-17-18-19-22-33-24-25(31-5)23-26(32(28,29)30)20-21-27(2,3)4/h25-26H,6-24H2,1-5H3,(H-,28,29,30)/p+1/t25-,26?/m0/s1. The van der Waals surface area contributed by atoms with E-state index >= 15 is 0 Å². The third-order valence-electron chi connectivity index (χ3n) is 6.42. The summed E-state index contributed by atoms with van der Waals surface area (Å²) in [6.45, 7) is 3.02. The van der Waals surface area contributed by atoms with Crippen LogP contribution < -0.4 is 0 Å². The van der Waals surface area contributed by atoms with Crippen LogP contribution in [0.4, 0.5) is 0 Å². The fraction of sp³-hybridized carbons (Fsp3) is 1.00. The highest BCUT2D eigenvalue weighted by atomic mass is 32.2. The average Bonchev–Trinajstić information content (AvgIpc) is 2.73. The first-order chi connectivity index (χ1) is 15.6. The lowest BCUT2D eigenvalue weighted by molar-refractivity contribution is -0.870. The zero-order valence-electron chi connectivity index (χ0n) is 22.6. The average molecular weight is 511 g/mol. The molecule has 7 heteroatoms. The highest BCUT2D eigenvalue weighted by molar-refractivity contribution is 7.99. The van der Waals surface area contributed by atoms with Crippen LogP contribution in [0.25, 0.3) is 0 Å². The second-order valence-corrected chi connectivity index (χ2v) is 13.9. The summed E-state index contributed by atoms with van der Waals surface area (Å²) in [6.07, 6.45) is 20.1. The van der Waals surface area contributed by atoms with Crippen molar-refractivity contribution < 1.29 is 23.6 Å². The number of thioether (sulfide) groups is 1. The number of methoxy groups -OCH3 is 1. The van der Waals surface area contributed by atoms with Crippen LogP contribution in [0.1, 0.15) is 110 Å². The van der Waals surface area contributed by atoms with Gasteiger partial charge < -0.3 is 19.0 Å². The molecule has 0 saturated carbocycles. The van der Waals surface area contributed by atoms with Gasteiger partial charge in [-0.25, -0.2) is 0 Å². The molecule has 0 amide bonds. The van der Waals surface area contributed by atoms with E-state index in [0.717, 1.165) is 18.1 Å². The van der Waals surface area contributed by atoms with Gasteiger partial charge in [0.2, 0.25) is 0 Å². The zero-order chi connectivity index (χ0) is 25.0. The maximum absolute atomic E-state index is 11.9. The van der Waals surface area contributed by atoms with Gasteiger partial charge in [-0.3, -0.25) is 4.57 Å². The number of nitrogens with zero attached hydrogens (tertiary/aromatic N) is 1. The summed E-state index contributed by atoms with van der Waals surface area (Å²) in [6, 6.07) is 0. The van der Waals surface area contributed by atoms with E-state index in [-0.39, 0.29) is 6.10 Å². The van der Waals surface area contributed by atoms with E-state index in [1.807, 2.05) is 11.8 Å². The quantitative estimate of drug-likeness (QED) is 0.0813. The molecule has 200 valence electrons. The van der Waals surface area contributed by atoms with Crippen LogP contribution in [0.3, 0.4) is 0 Å². The maximum atomic E-state index is 11.9. The number of hydrogen-bond donors (Lipinski definition) is 2. The van der Waals surface area contributed by atoms with Crippen molar-refractivity contribution in [2.45, 2.75) is 121 Å². The van der Waals surface area contributed by atoms with E-state index in [1.54, 1.807) is 7.11 Å². The van der Waals surface area contributed by atoms with E-state index in [2.05, 4.69) is 28.1 Å². The monoisotopic (exact) mass is 510 g/mol. The van der Waals surface area contributed by atoms with E-state index < -0.39 is 13.3 Å². The van der Waals surface area contributed by atoms with E-state index in [0.29, 0.717) is 17.3 Å². The Morgan fingerprint density at radius 3 is 1.67 bits per heavy atom. The molecule has 0 heterocycles. The van der Waals surface area contributed by atoms with Gasteiger partial charge in [0.15, 0.2) is 0 Å². The smallest absolute Gasteiger partial charge is 0.328 e. The van der Waals surface area contributed by atoms with Crippen molar-refractivity contribution in [1.29, 1.82) is 0 Å². The van der Waals surface area contributed by atoms with Crippen molar-refractivity contribution in [1.82, 2.24) is 0 Å². The summed E-state index contributed by atoms with van der Waals surface area (Å²) in [5.41, 5.74) is -0.610. The Morgan fingerprint density at radius 2 is 1.27 bits per heavy atom. The topological polar surface area (TPSA) is 66.8 Å². The fourth-order valence-electron chi connectivity index (χ4n) is 4.11. The molecular weight excluding hydrogens is 453 g/mol. The van der Waals surface area contributed by atoms with Crippen LogP contribution in [-0.2, 0) is 9.30 Å². The first-order valence-corrected chi connectivity index (χ1v) is 16.4. The molecule has 0 bridgehead atoms. The van der Waals surface area contributed by atoms with Crippen molar-refractivity contribution in [3.8, 4) is 0 Å². The number of unbranched alkanes of at least 4 members (excludes halogenated alkanes) is 13. The highest BCUT2D eigenvalue weighted by Gasteiger charge is 2.32. The first-order valence-electron chi connectivity index (χ1n) is 13.6. The number of ether oxygens (including phenoxy) is 1. The minimum atomic E-state index is -4.10. The van der Waals surface area contributed by atoms with Crippen LogP contribution in [0, 0.1) is 0 Å². The number of rotatable bonds is 24. The summed E-state index contributed by atoms with van der Waals surface area (Å²) in [5.74, 6) is 1.92. The molecule has 0 rings (SSSR count). The predicted molar refractivity (Wildman–Crippen MR) is 146 cm³/mol. The van der Waals surface area contributed by atoms with Crippen molar-refractivity contribution in [2.24, 2.45) is 0 Å². The Morgan fingerprint density at radius 1 is 0.818 bits per heavy atom.